The highest BCUT2D eigenvalue weighted by Crippen LogP contribution is 2.19. The summed E-state index contributed by atoms with van der Waals surface area (Å²) in [4.78, 5) is 23.2. The number of hydrogen-bond acceptors (Lipinski definition) is 3. The van der Waals surface area contributed by atoms with Crippen LogP contribution in [0, 0.1) is 6.92 Å². The van der Waals surface area contributed by atoms with Crippen LogP contribution in [0.2, 0.25) is 0 Å². The summed E-state index contributed by atoms with van der Waals surface area (Å²) in [5.41, 5.74) is 1.66. The molecule has 1 aliphatic rings. The molecule has 0 aliphatic carbocycles. The van der Waals surface area contributed by atoms with Crippen molar-refractivity contribution in [3.05, 3.63) is 35.4 Å². The summed E-state index contributed by atoms with van der Waals surface area (Å²) in [6.45, 7) is 1.94. The minimum Gasteiger partial charge on any atom is -0.341 e. The minimum absolute atomic E-state index is 0.0704. The van der Waals surface area contributed by atoms with Crippen LogP contribution in [-0.2, 0) is 4.79 Å². The van der Waals surface area contributed by atoms with Crippen LogP contribution in [0.1, 0.15) is 22.3 Å². The number of amides is 1. The van der Waals surface area contributed by atoms with Gasteiger partial charge < -0.3 is 5.32 Å². The topological polar surface area (TPSA) is 46.2 Å². The van der Waals surface area contributed by atoms with Crippen molar-refractivity contribution in [1.82, 2.24) is 5.32 Å². The molecule has 0 spiro atoms. The lowest BCUT2D eigenvalue weighted by Gasteiger charge is -2.10. The van der Waals surface area contributed by atoms with E-state index in [9.17, 15) is 9.59 Å². The molecule has 0 saturated carbocycles. The summed E-state index contributed by atoms with van der Waals surface area (Å²) in [7, 11) is 0. The van der Waals surface area contributed by atoms with Crippen molar-refractivity contribution in [2.75, 3.05) is 5.75 Å². The smallest absolute Gasteiger partial charge is 0.251 e. The number of thioether (sulfide) groups is 1. The first kappa shape index (κ1) is 11.2. The van der Waals surface area contributed by atoms with E-state index in [1.165, 1.54) is 11.8 Å². The van der Waals surface area contributed by atoms with Gasteiger partial charge in [-0.15, -0.1) is 0 Å². The fourth-order valence-corrected chi connectivity index (χ4v) is 2.59. The molecule has 1 aliphatic heterocycles. The van der Waals surface area contributed by atoms with Crippen LogP contribution in [0.25, 0.3) is 0 Å². The zero-order valence-electron chi connectivity index (χ0n) is 9.03. The molecule has 1 aromatic carbocycles. The molecule has 84 valence electrons. The monoisotopic (exact) mass is 235 g/mol. The Labute approximate surface area is 98.6 Å². The van der Waals surface area contributed by atoms with Crippen molar-refractivity contribution >= 4 is 22.8 Å². The Hall–Kier alpha value is -1.29. The molecule has 1 saturated heterocycles. The Morgan fingerprint density at radius 1 is 1.50 bits per heavy atom. The molecule has 0 unspecified atom stereocenters. The summed E-state index contributed by atoms with van der Waals surface area (Å²) in [5, 5.41) is 2.83. The Morgan fingerprint density at radius 3 is 2.94 bits per heavy atom. The van der Waals surface area contributed by atoms with E-state index in [-0.39, 0.29) is 17.1 Å². The molecule has 1 atom stereocenters. The van der Waals surface area contributed by atoms with Gasteiger partial charge in [0.05, 0.1) is 6.04 Å². The summed E-state index contributed by atoms with van der Waals surface area (Å²) < 4.78 is 0. The second-order valence-electron chi connectivity index (χ2n) is 3.85. The average molecular weight is 235 g/mol. The minimum atomic E-state index is -0.307. The molecule has 0 aromatic heterocycles. The molecule has 3 nitrogen and oxygen atoms in total. The van der Waals surface area contributed by atoms with Crippen LogP contribution in [-0.4, -0.2) is 22.8 Å². The quantitative estimate of drug-likeness (QED) is 0.849. The van der Waals surface area contributed by atoms with E-state index in [0.717, 1.165) is 17.7 Å². The van der Waals surface area contributed by atoms with Gasteiger partial charge in [-0.25, -0.2) is 0 Å². The van der Waals surface area contributed by atoms with Gasteiger partial charge in [-0.1, -0.05) is 29.5 Å². The molecule has 0 bridgehead atoms. The third-order valence-corrected chi connectivity index (χ3v) is 3.53. The Kier molecular flexibility index (Phi) is 3.29. The first-order valence-corrected chi connectivity index (χ1v) is 6.19. The van der Waals surface area contributed by atoms with Gasteiger partial charge in [0.2, 0.25) is 5.12 Å². The number of nitrogens with one attached hydrogen (secondary N) is 1. The highest BCUT2D eigenvalue weighted by Gasteiger charge is 2.26. The normalized spacial score (nSPS) is 19.8. The van der Waals surface area contributed by atoms with Gasteiger partial charge in [0.15, 0.2) is 0 Å². The lowest BCUT2D eigenvalue weighted by molar-refractivity contribution is -0.112. The first-order valence-electron chi connectivity index (χ1n) is 5.21. The Morgan fingerprint density at radius 2 is 2.31 bits per heavy atom. The van der Waals surface area contributed by atoms with Crippen LogP contribution in [0.4, 0.5) is 0 Å². The van der Waals surface area contributed by atoms with Crippen LogP contribution >= 0.6 is 11.8 Å². The van der Waals surface area contributed by atoms with Crippen molar-refractivity contribution in [3.63, 3.8) is 0 Å². The molecule has 1 fully saturated rings. The fraction of sp³-hybridized carbons (Fsp3) is 0.333. The number of benzene rings is 1. The van der Waals surface area contributed by atoms with Crippen molar-refractivity contribution in [2.24, 2.45) is 0 Å². The zero-order valence-corrected chi connectivity index (χ0v) is 9.84. The number of carbonyl (C=O) groups is 2. The zero-order chi connectivity index (χ0) is 11.5. The average Bonchev–Trinajstić information content (AvgIpc) is 2.64. The third kappa shape index (κ3) is 2.44. The van der Waals surface area contributed by atoms with Gasteiger partial charge in [0, 0.05) is 11.3 Å². The van der Waals surface area contributed by atoms with Crippen LogP contribution in [0.3, 0.4) is 0 Å². The van der Waals surface area contributed by atoms with E-state index >= 15 is 0 Å². The predicted molar refractivity (Wildman–Crippen MR) is 64.5 cm³/mol. The van der Waals surface area contributed by atoms with Gasteiger partial charge in [-0.3, -0.25) is 9.59 Å². The van der Waals surface area contributed by atoms with Gasteiger partial charge in [-0.05, 0) is 25.5 Å². The molecule has 1 aromatic rings. The summed E-state index contributed by atoms with van der Waals surface area (Å²) >= 11 is 1.29. The van der Waals surface area contributed by atoms with Gasteiger partial charge >= 0.3 is 0 Å². The predicted octanol–water partition coefficient (Wildman–Crippen LogP) is 1.76. The molecule has 2 rings (SSSR count). The van der Waals surface area contributed by atoms with Gasteiger partial charge in [0.1, 0.15) is 0 Å². The highest BCUT2D eigenvalue weighted by atomic mass is 32.2. The summed E-state index contributed by atoms with van der Waals surface area (Å²) in [6.07, 6.45) is 0.737. The maximum atomic E-state index is 11.8. The molecular weight excluding hydrogens is 222 g/mol. The number of aryl methyl sites for hydroxylation is 1. The van der Waals surface area contributed by atoms with Crippen molar-refractivity contribution in [1.29, 1.82) is 0 Å². The fourth-order valence-electron chi connectivity index (χ4n) is 1.65. The summed E-state index contributed by atoms with van der Waals surface area (Å²) in [5.74, 6) is 0.641. The second kappa shape index (κ2) is 4.70. The van der Waals surface area contributed by atoms with Crippen LogP contribution < -0.4 is 5.32 Å². The highest BCUT2D eigenvalue weighted by molar-refractivity contribution is 8.14. The third-order valence-electron chi connectivity index (χ3n) is 2.52. The first-order chi connectivity index (χ1) is 7.66. The maximum Gasteiger partial charge on any atom is 0.251 e. The maximum absolute atomic E-state index is 11.8. The Bertz CT molecular complexity index is 431. The molecule has 1 heterocycles. The lowest BCUT2D eigenvalue weighted by atomic mass is 10.1. The van der Waals surface area contributed by atoms with E-state index < -0.39 is 0 Å². The van der Waals surface area contributed by atoms with Crippen LogP contribution in [0.15, 0.2) is 24.3 Å². The van der Waals surface area contributed by atoms with Crippen molar-refractivity contribution < 1.29 is 9.59 Å². The standard InChI is InChI=1S/C12H13NO2S/c1-8-3-2-4-9(7-8)11(14)13-10-5-6-16-12(10)15/h2-4,7,10H,5-6H2,1H3,(H,13,14)/t10-/m1/s1. The lowest BCUT2D eigenvalue weighted by Crippen LogP contribution is -2.37. The van der Waals surface area contributed by atoms with E-state index in [1.807, 2.05) is 25.1 Å². The van der Waals surface area contributed by atoms with E-state index in [0.29, 0.717) is 5.56 Å². The van der Waals surface area contributed by atoms with Crippen LogP contribution in [0.5, 0.6) is 0 Å². The molecule has 4 heteroatoms. The van der Waals surface area contributed by atoms with Crippen molar-refractivity contribution in [3.8, 4) is 0 Å². The molecule has 1 amide bonds. The molecule has 0 radical (unpaired) electrons. The van der Waals surface area contributed by atoms with Gasteiger partial charge in [-0.2, -0.15) is 0 Å². The number of carbonyl (C=O) groups excluding carboxylic acids is 2. The number of rotatable bonds is 2. The van der Waals surface area contributed by atoms with Crippen molar-refractivity contribution in [2.45, 2.75) is 19.4 Å². The Balaban J connectivity index is 2.05. The van der Waals surface area contributed by atoms with Gasteiger partial charge in [0.25, 0.3) is 5.91 Å². The number of hydrogen-bond donors (Lipinski definition) is 1. The molecular formula is C12H13NO2S. The van der Waals surface area contributed by atoms with E-state index in [2.05, 4.69) is 5.32 Å². The second-order valence-corrected chi connectivity index (χ2v) is 4.95. The largest absolute Gasteiger partial charge is 0.341 e. The molecule has 16 heavy (non-hydrogen) atoms. The SMILES string of the molecule is Cc1cccc(C(=O)N[C@@H]2CCSC2=O)c1. The van der Waals surface area contributed by atoms with E-state index in [1.54, 1.807) is 6.07 Å². The molecule has 1 N–H and O–H groups in total. The van der Waals surface area contributed by atoms with E-state index in [4.69, 9.17) is 0 Å². The summed E-state index contributed by atoms with van der Waals surface area (Å²) in [6, 6.07) is 7.05.